The lowest BCUT2D eigenvalue weighted by atomic mass is 10.1. The number of ether oxygens (including phenoxy) is 1. The number of hydrogen-bond acceptors (Lipinski definition) is 5. The minimum Gasteiger partial charge on any atom is -0.481 e. The van der Waals surface area contributed by atoms with E-state index in [9.17, 15) is 14.4 Å². The maximum absolute atomic E-state index is 11.8. The summed E-state index contributed by atoms with van der Waals surface area (Å²) in [7, 11) is 0. The first-order chi connectivity index (χ1) is 11.2. The van der Waals surface area contributed by atoms with E-state index in [1.807, 2.05) is 0 Å². The highest BCUT2D eigenvalue weighted by Crippen LogP contribution is 2.06. The average molecular weight is 335 g/mol. The number of hydrogen-bond donors (Lipinski definition) is 3. The number of benzene rings is 1. The first-order valence-corrected chi connectivity index (χ1v) is 7.29. The largest absolute Gasteiger partial charge is 0.481 e. The van der Waals surface area contributed by atoms with Crippen LogP contribution in [0.3, 0.4) is 0 Å². The molecule has 0 radical (unpaired) electrons. The molecule has 8 heteroatoms. The third kappa shape index (κ3) is 7.92. The maximum Gasteiger partial charge on any atom is 0.428 e. The van der Waals surface area contributed by atoms with E-state index in [-0.39, 0.29) is 18.9 Å². The zero-order chi connectivity index (χ0) is 18.2. The van der Waals surface area contributed by atoms with E-state index < -0.39 is 17.7 Å². The van der Waals surface area contributed by atoms with Gasteiger partial charge in [-0.05, 0) is 38.5 Å². The van der Waals surface area contributed by atoms with Crippen LogP contribution in [-0.4, -0.2) is 41.4 Å². The molecule has 0 saturated heterocycles. The third-order valence-corrected chi connectivity index (χ3v) is 2.57. The molecule has 0 aliphatic carbocycles. The lowest BCUT2D eigenvalue weighted by Gasteiger charge is -2.18. The van der Waals surface area contributed by atoms with Crippen molar-refractivity contribution in [3.8, 4) is 0 Å². The van der Waals surface area contributed by atoms with Crippen molar-refractivity contribution in [1.82, 2.24) is 10.7 Å². The Bertz CT molecular complexity index is 618. The molecule has 8 nitrogen and oxygen atoms in total. The van der Waals surface area contributed by atoms with Gasteiger partial charge in [0.15, 0.2) is 0 Å². The Morgan fingerprint density at radius 2 is 1.83 bits per heavy atom. The smallest absolute Gasteiger partial charge is 0.428 e. The number of nitrogens with one attached hydrogen (secondary N) is 2. The summed E-state index contributed by atoms with van der Waals surface area (Å²) in [4.78, 5) is 33.5. The molecule has 0 aliphatic heterocycles. The molecule has 0 unspecified atom stereocenters. The predicted molar refractivity (Wildman–Crippen MR) is 88.0 cm³/mol. The van der Waals surface area contributed by atoms with Crippen LogP contribution in [0.4, 0.5) is 4.79 Å². The van der Waals surface area contributed by atoms with Crippen molar-refractivity contribution >= 4 is 24.2 Å². The van der Waals surface area contributed by atoms with Crippen molar-refractivity contribution < 1.29 is 24.2 Å². The van der Waals surface area contributed by atoms with E-state index in [2.05, 4.69) is 15.8 Å². The second-order valence-electron chi connectivity index (χ2n) is 5.89. The van der Waals surface area contributed by atoms with Crippen LogP contribution in [0.5, 0.6) is 0 Å². The first kappa shape index (κ1) is 19.1. The highest BCUT2D eigenvalue weighted by atomic mass is 16.6. The van der Waals surface area contributed by atoms with Gasteiger partial charge in [-0.3, -0.25) is 9.59 Å². The molecule has 0 fully saturated rings. The fraction of sp³-hybridized carbons (Fsp3) is 0.375. The van der Waals surface area contributed by atoms with Gasteiger partial charge < -0.3 is 15.2 Å². The molecule has 0 spiro atoms. The summed E-state index contributed by atoms with van der Waals surface area (Å²) in [6.45, 7) is 5.31. The maximum atomic E-state index is 11.8. The standard InChI is InChI=1S/C16H21N3O5/c1-16(2,3)24-15(23)19-18-10-11-4-6-12(7-5-11)14(22)17-9-8-13(20)21/h4-7,10H,8-9H2,1-3H3,(H,17,22)(H,19,23)(H,20,21)/b18-10-. The van der Waals surface area contributed by atoms with E-state index >= 15 is 0 Å². The van der Waals surface area contributed by atoms with Crippen LogP contribution in [-0.2, 0) is 9.53 Å². The molecule has 1 rings (SSSR count). The Kier molecular flexibility index (Phi) is 6.91. The fourth-order valence-corrected chi connectivity index (χ4v) is 1.57. The van der Waals surface area contributed by atoms with Gasteiger partial charge in [0, 0.05) is 12.1 Å². The van der Waals surface area contributed by atoms with E-state index in [0.29, 0.717) is 11.1 Å². The third-order valence-electron chi connectivity index (χ3n) is 2.57. The van der Waals surface area contributed by atoms with Crippen molar-refractivity contribution in [2.75, 3.05) is 6.54 Å². The summed E-state index contributed by atoms with van der Waals surface area (Å²) in [6, 6.07) is 6.44. The van der Waals surface area contributed by atoms with Crippen LogP contribution < -0.4 is 10.7 Å². The van der Waals surface area contributed by atoms with Gasteiger partial charge in [-0.15, -0.1) is 0 Å². The predicted octanol–water partition coefficient (Wildman–Crippen LogP) is 1.75. The Balaban J connectivity index is 2.49. The quantitative estimate of drug-likeness (QED) is 0.541. The molecular formula is C16H21N3O5. The van der Waals surface area contributed by atoms with E-state index in [1.54, 1.807) is 45.0 Å². The van der Waals surface area contributed by atoms with Crippen molar-refractivity contribution in [3.63, 3.8) is 0 Å². The van der Waals surface area contributed by atoms with Crippen molar-refractivity contribution in [1.29, 1.82) is 0 Å². The van der Waals surface area contributed by atoms with Gasteiger partial charge in [0.2, 0.25) is 0 Å². The number of carboxylic acids is 1. The molecule has 1 aromatic rings. The topological polar surface area (TPSA) is 117 Å². The van der Waals surface area contributed by atoms with Crippen LogP contribution in [0.15, 0.2) is 29.4 Å². The van der Waals surface area contributed by atoms with E-state index in [1.165, 1.54) is 6.21 Å². The van der Waals surface area contributed by atoms with Crippen molar-refractivity contribution in [3.05, 3.63) is 35.4 Å². The highest BCUT2D eigenvalue weighted by molar-refractivity contribution is 5.95. The van der Waals surface area contributed by atoms with Gasteiger partial charge in [0.25, 0.3) is 5.91 Å². The molecule has 0 heterocycles. The van der Waals surface area contributed by atoms with Crippen molar-refractivity contribution in [2.45, 2.75) is 32.8 Å². The Morgan fingerprint density at radius 3 is 2.38 bits per heavy atom. The SMILES string of the molecule is CC(C)(C)OC(=O)N/N=C\c1ccc(C(=O)NCCC(=O)O)cc1. The summed E-state index contributed by atoms with van der Waals surface area (Å²) in [5.74, 6) is -1.33. The number of carboxylic acid groups (broad SMARTS) is 1. The molecule has 130 valence electrons. The fourth-order valence-electron chi connectivity index (χ4n) is 1.57. The second kappa shape index (κ2) is 8.66. The molecule has 0 aromatic heterocycles. The monoisotopic (exact) mass is 335 g/mol. The Morgan fingerprint density at radius 1 is 1.21 bits per heavy atom. The van der Waals surface area contributed by atoms with E-state index in [4.69, 9.17) is 9.84 Å². The lowest BCUT2D eigenvalue weighted by Crippen LogP contribution is -2.29. The number of carbonyl (C=O) groups excluding carboxylic acids is 2. The zero-order valence-corrected chi connectivity index (χ0v) is 13.8. The molecule has 2 amide bonds. The molecule has 0 atom stereocenters. The lowest BCUT2D eigenvalue weighted by molar-refractivity contribution is -0.136. The average Bonchev–Trinajstić information content (AvgIpc) is 2.45. The number of aliphatic carboxylic acids is 1. The Hall–Kier alpha value is -2.90. The minimum absolute atomic E-state index is 0.0667. The van der Waals surface area contributed by atoms with E-state index in [0.717, 1.165) is 0 Å². The summed E-state index contributed by atoms with van der Waals surface area (Å²) in [6.07, 6.45) is 0.622. The van der Waals surface area contributed by atoms with Gasteiger partial charge in [-0.1, -0.05) is 12.1 Å². The number of hydrazone groups is 1. The van der Waals surface area contributed by atoms with Crippen LogP contribution in [0.2, 0.25) is 0 Å². The molecule has 0 saturated carbocycles. The summed E-state index contributed by atoms with van der Waals surface area (Å²) in [5, 5.41) is 14.8. The molecule has 0 aliphatic rings. The first-order valence-electron chi connectivity index (χ1n) is 7.29. The summed E-state index contributed by atoms with van der Waals surface area (Å²) < 4.78 is 5.02. The molecule has 24 heavy (non-hydrogen) atoms. The minimum atomic E-state index is -0.973. The molecular weight excluding hydrogens is 314 g/mol. The van der Waals surface area contributed by atoms with Crippen LogP contribution in [0.1, 0.15) is 43.1 Å². The Labute approximate surface area is 139 Å². The highest BCUT2D eigenvalue weighted by Gasteiger charge is 2.15. The second-order valence-corrected chi connectivity index (χ2v) is 5.89. The number of rotatable bonds is 6. The number of nitrogens with zero attached hydrogens (tertiary/aromatic N) is 1. The van der Waals surface area contributed by atoms with Crippen LogP contribution >= 0.6 is 0 Å². The molecule has 1 aromatic carbocycles. The van der Waals surface area contributed by atoms with Crippen molar-refractivity contribution in [2.24, 2.45) is 5.10 Å². The van der Waals surface area contributed by atoms with Gasteiger partial charge >= 0.3 is 12.1 Å². The molecule has 0 bridgehead atoms. The number of carbonyl (C=O) groups is 3. The van der Waals surface area contributed by atoms with Gasteiger partial charge in [-0.2, -0.15) is 5.10 Å². The normalized spacial score (nSPS) is 11.1. The van der Waals surface area contributed by atoms with Gasteiger partial charge in [0.1, 0.15) is 5.60 Å². The van der Waals surface area contributed by atoms with Gasteiger partial charge in [-0.25, -0.2) is 10.2 Å². The molecule has 3 N–H and O–H groups in total. The van der Waals surface area contributed by atoms with Crippen LogP contribution in [0, 0.1) is 0 Å². The summed E-state index contributed by atoms with van der Waals surface area (Å²) in [5.41, 5.74) is 2.71. The number of amides is 2. The zero-order valence-electron chi connectivity index (χ0n) is 13.8. The van der Waals surface area contributed by atoms with Crippen LogP contribution in [0.25, 0.3) is 0 Å². The summed E-state index contributed by atoms with van der Waals surface area (Å²) >= 11 is 0. The van der Waals surface area contributed by atoms with Gasteiger partial charge in [0.05, 0.1) is 12.6 Å².